The Labute approximate surface area is 128 Å². The molecule has 0 spiro atoms. The second kappa shape index (κ2) is 5.36. The van der Waals surface area contributed by atoms with E-state index >= 15 is 0 Å². The molecule has 0 saturated carbocycles. The number of H-pyrrole nitrogens is 1. The van der Waals surface area contributed by atoms with Crippen molar-refractivity contribution in [2.24, 2.45) is 0 Å². The van der Waals surface area contributed by atoms with Crippen LogP contribution in [-0.4, -0.2) is 48.6 Å². The van der Waals surface area contributed by atoms with E-state index in [-0.39, 0.29) is 12.8 Å². The minimum atomic E-state index is -3.51. The molecule has 3 N–H and O–H groups in total. The van der Waals surface area contributed by atoms with E-state index in [0.29, 0.717) is 18.8 Å². The highest BCUT2D eigenvalue weighted by Crippen LogP contribution is 2.29. The van der Waals surface area contributed by atoms with Gasteiger partial charge in [-0.05, 0) is 44.1 Å². The first-order valence-electron chi connectivity index (χ1n) is 7.07. The number of benzene rings is 1. The predicted molar refractivity (Wildman–Crippen MR) is 84.4 cm³/mol. The van der Waals surface area contributed by atoms with E-state index < -0.39 is 20.5 Å². The molecule has 1 aromatic carbocycles. The molecule has 1 saturated heterocycles. The Kier molecular flexibility index (Phi) is 3.65. The maximum atomic E-state index is 12.7. The van der Waals surface area contributed by atoms with Gasteiger partial charge in [-0.15, -0.1) is 0 Å². The summed E-state index contributed by atoms with van der Waals surface area (Å²) in [7, 11) is -3.51. The van der Waals surface area contributed by atoms with Gasteiger partial charge in [0.15, 0.2) is 14.6 Å². The molecule has 1 aliphatic rings. The van der Waals surface area contributed by atoms with Gasteiger partial charge in [0.25, 0.3) is 0 Å². The summed E-state index contributed by atoms with van der Waals surface area (Å²) in [5.74, 6) is -0.459. The van der Waals surface area contributed by atoms with Gasteiger partial charge in [0.2, 0.25) is 5.91 Å². The van der Waals surface area contributed by atoms with Gasteiger partial charge in [-0.1, -0.05) is 0 Å². The van der Waals surface area contributed by atoms with Gasteiger partial charge in [-0.3, -0.25) is 9.89 Å². The van der Waals surface area contributed by atoms with Crippen LogP contribution in [-0.2, 0) is 14.6 Å². The zero-order valence-corrected chi connectivity index (χ0v) is 13.0. The summed E-state index contributed by atoms with van der Waals surface area (Å²) < 4.78 is 23.1. The minimum Gasteiger partial charge on any atom is -0.325 e. The fraction of sp³-hybridized carbons (Fsp3) is 0.429. The monoisotopic (exact) mass is 322 g/mol. The topological polar surface area (TPSA) is 104 Å². The quantitative estimate of drug-likeness (QED) is 0.770. The number of rotatable bonds is 3. The molecule has 0 bridgehead atoms. The number of piperidine rings is 1. The molecule has 0 aliphatic carbocycles. The van der Waals surface area contributed by atoms with Crippen LogP contribution in [0, 0.1) is 0 Å². The van der Waals surface area contributed by atoms with Crippen LogP contribution in [0.4, 0.5) is 5.69 Å². The first kappa shape index (κ1) is 15.0. The van der Waals surface area contributed by atoms with Crippen molar-refractivity contribution in [3.8, 4) is 0 Å². The largest absolute Gasteiger partial charge is 0.325 e. The van der Waals surface area contributed by atoms with E-state index in [9.17, 15) is 13.2 Å². The van der Waals surface area contributed by atoms with Gasteiger partial charge >= 0.3 is 0 Å². The molecule has 0 radical (unpaired) electrons. The summed E-state index contributed by atoms with van der Waals surface area (Å²) in [5.41, 5.74) is 1.43. The van der Waals surface area contributed by atoms with Gasteiger partial charge in [0, 0.05) is 17.3 Å². The van der Waals surface area contributed by atoms with Crippen LogP contribution in [0.15, 0.2) is 24.4 Å². The molecular formula is C14H18N4O3S. The lowest BCUT2D eigenvalue weighted by molar-refractivity contribution is -0.119. The van der Waals surface area contributed by atoms with Crippen molar-refractivity contribution in [1.82, 2.24) is 15.5 Å². The van der Waals surface area contributed by atoms with Gasteiger partial charge in [0.1, 0.15) is 0 Å². The third kappa shape index (κ3) is 2.48. The van der Waals surface area contributed by atoms with Crippen LogP contribution >= 0.6 is 0 Å². The van der Waals surface area contributed by atoms with Gasteiger partial charge < -0.3 is 10.6 Å². The van der Waals surface area contributed by atoms with E-state index in [1.54, 1.807) is 24.4 Å². The molecule has 1 amide bonds. The van der Waals surface area contributed by atoms with Crippen molar-refractivity contribution in [2.45, 2.75) is 17.6 Å². The Morgan fingerprint density at radius 1 is 1.32 bits per heavy atom. The highest BCUT2D eigenvalue weighted by molar-refractivity contribution is 7.92. The van der Waals surface area contributed by atoms with Crippen LogP contribution < -0.4 is 10.6 Å². The Hall–Kier alpha value is -1.93. The van der Waals surface area contributed by atoms with Crippen molar-refractivity contribution in [3.05, 3.63) is 24.4 Å². The SMILES string of the molecule is CS(=O)(=O)C1(C(=O)Nc2ccc3[nH]ncc3c2)CCNCC1. The number of carbonyl (C=O) groups excluding carboxylic acids is 1. The Balaban J connectivity index is 1.90. The van der Waals surface area contributed by atoms with Crippen LogP contribution in [0.3, 0.4) is 0 Å². The summed E-state index contributed by atoms with van der Waals surface area (Å²) in [5, 5.41) is 13.5. The smallest absolute Gasteiger partial charge is 0.245 e. The number of anilines is 1. The molecule has 7 nitrogen and oxygen atoms in total. The van der Waals surface area contributed by atoms with E-state index in [2.05, 4.69) is 20.8 Å². The number of nitrogens with zero attached hydrogens (tertiary/aromatic N) is 1. The average Bonchev–Trinajstić information content (AvgIpc) is 2.94. The fourth-order valence-electron chi connectivity index (χ4n) is 2.86. The second-order valence-electron chi connectivity index (χ2n) is 5.64. The van der Waals surface area contributed by atoms with Gasteiger partial charge in [-0.25, -0.2) is 8.42 Å². The molecule has 0 atom stereocenters. The summed E-state index contributed by atoms with van der Waals surface area (Å²) >= 11 is 0. The Morgan fingerprint density at radius 3 is 2.73 bits per heavy atom. The summed E-state index contributed by atoms with van der Waals surface area (Å²) in [6.07, 6.45) is 3.36. The molecule has 3 rings (SSSR count). The molecule has 118 valence electrons. The number of aromatic nitrogens is 2. The van der Waals surface area contributed by atoms with E-state index in [0.717, 1.165) is 17.2 Å². The van der Waals surface area contributed by atoms with E-state index in [4.69, 9.17) is 0 Å². The standard InChI is InChI=1S/C14H18N4O3S/c1-22(20,21)14(4-6-15-7-5-14)13(19)17-11-2-3-12-10(8-11)9-16-18-12/h2-3,8-9,15H,4-7H2,1H3,(H,16,18)(H,17,19). The van der Waals surface area contributed by atoms with Crippen molar-refractivity contribution >= 4 is 32.3 Å². The lowest BCUT2D eigenvalue weighted by Gasteiger charge is -2.34. The van der Waals surface area contributed by atoms with Crippen molar-refractivity contribution < 1.29 is 13.2 Å². The number of carbonyl (C=O) groups is 1. The number of hydrogen-bond acceptors (Lipinski definition) is 5. The normalized spacial score (nSPS) is 18.2. The molecule has 2 aromatic rings. The molecule has 1 aromatic heterocycles. The van der Waals surface area contributed by atoms with Crippen LogP contribution in [0.1, 0.15) is 12.8 Å². The van der Waals surface area contributed by atoms with E-state index in [1.807, 2.05) is 0 Å². The molecule has 1 fully saturated rings. The zero-order chi connectivity index (χ0) is 15.8. The van der Waals surface area contributed by atoms with Crippen molar-refractivity contribution in [3.63, 3.8) is 0 Å². The lowest BCUT2D eigenvalue weighted by Crippen LogP contribution is -2.55. The third-order valence-electron chi connectivity index (χ3n) is 4.23. The summed E-state index contributed by atoms with van der Waals surface area (Å²) in [4.78, 5) is 12.7. The van der Waals surface area contributed by atoms with Crippen molar-refractivity contribution in [2.75, 3.05) is 24.7 Å². The van der Waals surface area contributed by atoms with Gasteiger partial charge in [-0.2, -0.15) is 5.10 Å². The number of sulfone groups is 1. The molecule has 22 heavy (non-hydrogen) atoms. The van der Waals surface area contributed by atoms with Crippen LogP contribution in [0.5, 0.6) is 0 Å². The third-order valence-corrected chi connectivity index (χ3v) is 6.25. The zero-order valence-electron chi connectivity index (χ0n) is 12.2. The Bertz CT molecular complexity index is 806. The molecular weight excluding hydrogens is 304 g/mol. The number of fused-ring (bicyclic) bond motifs is 1. The highest BCUT2D eigenvalue weighted by atomic mass is 32.2. The average molecular weight is 322 g/mol. The maximum Gasteiger partial charge on any atom is 0.245 e. The Morgan fingerprint density at radius 2 is 2.05 bits per heavy atom. The van der Waals surface area contributed by atoms with Crippen LogP contribution in [0.2, 0.25) is 0 Å². The predicted octanol–water partition coefficient (Wildman–Crippen LogP) is 0.668. The first-order chi connectivity index (χ1) is 10.4. The molecule has 2 heterocycles. The summed E-state index contributed by atoms with van der Waals surface area (Å²) in [6.45, 7) is 1.03. The highest BCUT2D eigenvalue weighted by Gasteiger charge is 2.48. The van der Waals surface area contributed by atoms with Crippen LogP contribution in [0.25, 0.3) is 10.9 Å². The van der Waals surface area contributed by atoms with Crippen molar-refractivity contribution in [1.29, 1.82) is 0 Å². The van der Waals surface area contributed by atoms with Gasteiger partial charge in [0.05, 0.1) is 11.7 Å². The first-order valence-corrected chi connectivity index (χ1v) is 8.96. The molecule has 0 unspecified atom stereocenters. The minimum absolute atomic E-state index is 0.283. The second-order valence-corrected chi connectivity index (χ2v) is 7.97. The molecule has 1 aliphatic heterocycles. The molecule has 8 heteroatoms. The number of hydrogen-bond donors (Lipinski definition) is 3. The maximum absolute atomic E-state index is 12.7. The van der Waals surface area contributed by atoms with E-state index in [1.165, 1.54) is 0 Å². The fourth-order valence-corrected chi connectivity index (χ4v) is 4.20. The lowest BCUT2D eigenvalue weighted by atomic mass is 9.95. The number of aromatic amines is 1. The summed E-state index contributed by atoms with van der Waals surface area (Å²) in [6, 6.07) is 5.30. The number of amides is 1. The number of nitrogens with one attached hydrogen (secondary N) is 3.